The van der Waals surface area contributed by atoms with Gasteiger partial charge in [0.05, 0.1) is 6.54 Å². The summed E-state index contributed by atoms with van der Waals surface area (Å²) in [5, 5.41) is 7.05. The van der Waals surface area contributed by atoms with Crippen LogP contribution in [-0.4, -0.2) is 24.2 Å². The lowest BCUT2D eigenvalue weighted by Crippen LogP contribution is -2.31. The highest BCUT2D eigenvalue weighted by molar-refractivity contribution is 7.98. The molecule has 162 valence electrons. The van der Waals surface area contributed by atoms with Gasteiger partial charge in [0.25, 0.3) is 0 Å². The lowest BCUT2D eigenvalue weighted by Gasteiger charge is -2.23. The van der Waals surface area contributed by atoms with Crippen molar-refractivity contribution < 1.29 is 4.79 Å². The second-order valence-corrected chi connectivity index (χ2v) is 9.29. The van der Waals surface area contributed by atoms with Gasteiger partial charge in [0.15, 0.2) is 0 Å². The van der Waals surface area contributed by atoms with E-state index in [-0.39, 0.29) is 11.8 Å². The molecule has 1 rings (SSSR count). The summed E-state index contributed by atoms with van der Waals surface area (Å²) in [6.07, 6.45) is 14.9. The molecule has 0 aromatic heterocycles. The Balaban J connectivity index is 2.31. The molecule has 1 aliphatic rings. The van der Waals surface area contributed by atoms with Gasteiger partial charge in [0.1, 0.15) is 0 Å². The maximum absolute atomic E-state index is 12.8. The van der Waals surface area contributed by atoms with Crippen molar-refractivity contribution in [3.63, 3.8) is 0 Å². The highest BCUT2D eigenvalue weighted by Crippen LogP contribution is 2.33. The minimum absolute atomic E-state index is 0.142. The van der Waals surface area contributed by atoms with E-state index in [1.807, 2.05) is 0 Å². The van der Waals surface area contributed by atoms with Gasteiger partial charge >= 0.3 is 0 Å². The third kappa shape index (κ3) is 12.4. The van der Waals surface area contributed by atoms with Crippen molar-refractivity contribution in [2.24, 2.45) is 11.8 Å². The quantitative estimate of drug-likeness (QED) is 0.194. The predicted octanol–water partition coefficient (Wildman–Crippen LogP) is 5.53. The molecule has 0 saturated heterocycles. The SMILES string of the molecule is C=CNCC(=C)NCCCCC(C(=O)NSC1CC1)[C@@H](C)CCCCCCC. The molecule has 1 amide bonds. The van der Waals surface area contributed by atoms with Crippen LogP contribution in [0.3, 0.4) is 0 Å². The van der Waals surface area contributed by atoms with Crippen molar-refractivity contribution in [2.75, 3.05) is 13.1 Å². The van der Waals surface area contributed by atoms with Gasteiger partial charge in [-0.2, -0.15) is 0 Å². The van der Waals surface area contributed by atoms with Gasteiger partial charge in [-0.25, -0.2) is 0 Å². The van der Waals surface area contributed by atoms with Crippen molar-refractivity contribution in [1.82, 2.24) is 15.4 Å². The van der Waals surface area contributed by atoms with Gasteiger partial charge in [-0.1, -0.05) is 65.5 Å². The number of nitrogens with one attached hydrogen (secondary N) is 3. The Hall–Kier alpha value is -1.10. The molecule has 2 atom stereocenters. The molecule has 0 heterocycles. The highest BCUT2D eigenvalue weighted by Gasteiger charge is 2.28. The van der Waals surface area contributed by atoms with Gasteiger partial charge in [-0.05, 0) is 56.2 Å². The van der Waals surface area contributed by atoms with Crippen LogP contribution in [0.5, 0.6) is 0 Å². The van der Waals surface area contributed by atoms with Crippen molar-refractivity contribution in [2.45, 2.75) is 89.7 Å². The fourth-order valence-electron chi connectivity index (χ4n) is 3.36. The average molecular weight is 410 g/mol. The van der Waals surface area contributed by atoms with Crippen LogP contribution in [0, 0.1) is 11.8 Å². The molecule has 0 aromatic rings. The van der Waals surface area contributed by atoms with E-state index in [9.17, 15) is 4.79 Å². The van der Waals surface area contributed by atoms with Crippen LogP contribution in [0.4, 0.5) is 0 Å². The molecule has 3 N–H and O–H groups in total. The van der Waals surface area contributed by atoms with E-state index < -0.39 is 0 Å². The highest BCUT2D eigenvalue weighted by atomic mass is 32.2. The molecule has 1 unspecified atom stereocenters. The predicted molar refractivity (Wildman–Crippen MR) is 124 cm³/mol. The van der Waals surface area contributed by atoms with Crippen LogP contribution in [0.15, 0.2) is 25.1 Å². The number of hydrogen-bond donors (Lipinski definition) is 3. The van der Waals surface area contributed by atoms with Crippen molar-refractivity contribution in [3.8, 4) is 0 Å². The summed E-state index contributed by atoms with van der Waals surface area (Å²) in [6, 6.07) is 0. The molecule has 5 heteroatoms. The maximum atomic E-state index is 12.8. The third-order valence-electron chi connectivity index (χ3n) is 5.41. The molecule has 0 aromatic carbocycles. The molecule has 4 nitrogen and oxygen atoms in total. The summed E-state index contributed by atoms with van der Waals surface area (Å²) in [5.74, 6) is 0.856. The normalized spacial score (nSPS) is 15.5. The largest absolute Gasteiger partial charge is 0.387 e. The minimum Gasteiger partial charge on any atom is -0.387 e. The first-order chi connectivity index (χ1) is 13.6. The Bertz CT molecular complexity index is 451. The molecular weight excluding hydrogens is 366 g/mol. The van der Waals surface area contributed by atoms with E-state index in [1.165, 1.54) is 44.9 Å². The Morgan fingerprint density at radius 3 is 2.54 bits per heavy atom. The number of amides is 1. The standard InChI is InChI=1S/C23H43N3OS/c1-5-7-8-9-10-13-19(3)22(23(27)26-28-21-15-16-21)14-11-12-17-25-20(4)18-24-6-2/h6,19,21-22,24-25H,2,4-5,7-18H2,1,3H3,(H,26,27)/t19-,22?/m0/s1. The second-order valence-electron chi connectivity index (χ2n) is 8.18. The topological polar surface area (TPSA) is 53.2 Å². The van der Waals surface area contributed by atoms with Gasteiger partial charge in [0.2, 0.25) is 5.91 Å². The molecular formula is C23H43N3OS. The number of carbonyl (C=O) groups excluding carboxylic acids is 1. The first-order valence-corrected chi connectivity index (χ1v) is 12.2. The number of hydrogen-bond acceptors (Lipinski definition) is 4. The van der Waals surface area contributed by atoms with Gasteiger partial charge in [-0.15, -0.1) is 0 Å². The van der Waals surface area contributed by atoms with Crippen LogP contribution in [0.2, 0.25) is 0 Å². The first kappa shape index (κ1) is 24.9. The zero-order chi connectivity index (χ0) is 20.6. The number of carbonyl (C=O) groups is 1. The fraction of sp³-hybridized carbons (Fsp3) is 0.783. The Morgan fingerprint density at radius 1 is 1.14 bits per heavy atom. The molecule has 0 radical (unpaired) electrons. The molecule has 28 heavy (non-hydrogen) atoms. The molecule has 1 fully saturated rings. The summed E-state index contributed by atoms with van der Waals surface area (Å²) in [6.45, 7) is 13.8. The first-order valence-electron chi connectivity index (χ1n) is 11.3. The Labute approximate surface area is 177 Å². The van der Waals surface area contributed by atoms with E-state index >= 15 is 0 Å². The van der Waals surface area contributed by atoms with Crippen LogP contribution in [0.25, 0.3) is 0 Å². The maximum Gasteiger partial charge on any atom is 0.233 e. The second kappa shape index (κ2) is 15.8. The van der Waals surface area contributed by atoms with Crippen LogP contribution < -0.4 is 15.4 Å². The molecule has 1 saturated carbocycles. The molecule has 1 aliphatic carbocycles. The molecule has 0 spiro atoms. The van der Waals surface area contributed by atoms with E-state index in [1.54, 1.807) is 18.1 Å². The lowest BCUT2D eigenvalue weighted by molar-refractivity contribution is -0.124. The monoisotopic (exact) mass is 409 g/mol. The number of unbranched alkanes of at least 4 members (excludes halogenated alkanes) is 5. The molecule has 0 bridgehead atoms. The van der Waals surface area contributed by atoms with Crippen LogP contribution in [0.1, 0.15) is 84.5 Å². The Morgan fingerprint density at radius 2 is 1.86 bits per heavy atom. The zero-order valence-corrected chi connectivity index (χ0v) is 19.0. The summed E-state index contributed by atoms with van der Waals surface area (Å²) >= 11 is 1.65. The van der Waals surface area contributed by atoms with E-state index in [2.05, 4.69) is 42.4 Å². The Kier molecular flexibility index (Phi) is 14.1. The van der Waals surface area contributed by atoms with Crippen molar-refractivity contribution in [3.05, 3.63) is 25.1 Å². The third-order valence-corrected chi connectivity index (χ3v) is 6.54. The summed E-state index contributed by atoms with van der Waals surface area (Å²) in [4.78, 5) is 12.8. The van der Waals surface area contributed by atoms with E-state index in [0.717, 1.165) is 37.9 Å². The van der Waals surface area contributed by atoms with Gasteiger partial charge in [-0.3, -0.25) is 9.52 Å². The van der Waals surface area contributed by atoms with Gasteiger partial charge in [0, 0.05) is 23.4 Å². The van der Waals surface area contributed by atoms with Crippen molar-refractivity contribution in [1.29, 1.82) is 0 Å². The lowest BCUT2D eigenvalue weighted by atomic mass is 9.85. The smallest absolute Gasteiger partial charge is 0.233 e. The zero-order valence-electron chi connectivity index (χ0n) is 18.2. The van der Waals surface area contributed by atoms with Crippen LogP contribution >= 0.6 is 11.9 Å². The van der Waals surface area contributed by atoms with E-state index in [0.29, 0.717) is 17.7 Å². The summed E-state index contributed by atoms with van der Waals surface area (Å²) in [5.41, 5.74) is 0.982. The average Bonchev–Trinajstić information content (AvgIpc) is 3.51. The summed E-state index contributed by atoms with van der Waals surface area (Å²) in [7, 11) is 0. The van der Waals surface area contributed by atoms with Gasteiger partial charge < -0.3 is 10.6 Å². The molecule has 0 aliphatic heterocycles. The van der Waals surface area contributed by atoms with Crippen molar-refractivity contribution >= 4 is 17.9 Å². The minimum atomic E-state index is 0.142. The van der Waals surface area contributed by atoms with E-state index in [4.69, 9.17) is 0 Å². The fourth-order valence-corrected chi connectivity index (χ4v) is 4.17. The van der Waals surface area contributed by atoms with Crippen LogP contribution in [-0.2, 0) is 4.79 Å². The summed E-state index contributed by atoms with van der Waals surface area (Å²) < 4.78 is 3.15. The number of rotatable bonds is 19.